The van der Waals surface area contributed by atoms with Crippen molar-refractivity contribution >= 4 is 23.3 Å². The van der Waals surface area contributed by atoms with Gasteiger partial charge >= 0.3 is 5.97 Å². The lowest BCUT2D eigenvalue weighted by atomic mass is 10.0. The summed E-state index contributed by atoms with van der Waals surface area (Å²) in [5, 5.41) is 18.7. The molecule has 1 aliphatic rings. The van der Waals surface area contributed by atoms with Crippen molar-refractivity contribution in [3.05, 3.63) is 78.3 Å². The first-order valence-electron chi connectivity index (χ1n) is 8.71. The molecule has 0 amide bonds. The topological polar surface area (TPSA) is 76.4 Å². The highest BCUT2D eigenvalue weighted by Gasteiger charge is 2.26. The minimum atomic E-state index is -0.749. The molecule has 1 fully saturated rings. The van der Waals surface area contributed by atoms with Crippen LogP contribution in [0.1, 0.15) is 23.1 Å². The van der Waals surface area contributed by atoms with Gasteiger partial charge in [0.05, 0.1) is 24.9 Å². The summed E-state index contributed by atoms with van der Waals surface area (Å²) < 4.78 is 6.61. The van der Waals surface area contributed by atoms with Crippen LogP contribution >= 0.6 is 11.6 Å². The number of rotatable bonds is 8. The van der Waals surface area contributed by atoms with Gasteiger partial charge in [0, 0.05) is 23.2 Å². The molecule has 1 aromatic carbocycles. The average molecular weight is 387 g/mol. The van der Waals surface area contributed by atoms with Crippen LogP contribution < -0.4 is 5.32 Å². The van der Waals surface area contributed by atoms with Gasteiger partial charge in [0.1, 0.15) is 5.69 Å². The van der Waals surface area contributed by atoms with E-state index < -0.39 is 12.1 Å². The lowest BCUT2D eigenvalue weighted by molar-refractivity contribution is 0.0507. The van der Waals surface area contributed by atoms with Crippen molar-refractivity contribution in [3.8, 4) is 0 Å². The molecule has 0 aliphatic heterocycles. The number of hydrogen-bond donors (Lipinski definition) is 2. The zero-order valence-electron chi connectivity index (χ0n) is 14.9. The van der Waals surface area contributed by atoms with E-state index in [2.05, 4.69) is 10.4 Å². The minimum absolute atomic E-state index is 0.162. The fourth-order valence-electron chi connectivity index (χ4n) is 2.68. The first-order chi connectivity index (χ1) is 13.1. The fourth-order valence-corrected chi connectivity index (χ4v) is 2.80. The van der Waals surface area contributed by atoms with Gasteiger partial charge in [0.25, 0.3) is 0 Å². The third-order valence-electron chi connectivity index (χ3n) is 3.99. The Morgan fingerprint density at radius 1 is 1.30 bits per heavy atom. The molecule has 0 bridgehead atoms. The molecule has 27 heavy (non-hydrogen) atoms. The van der Waals surface area contributed by atoms with Gasteiger partial charge in [0.15, 0.2) is 0 Å². The van der Waals surface area contributed by atoms with Crippen LogP contribution in [0.5, 0.6) is 0 Å². The molecule has 2 aromatic rings. The van der Waals surface area contributed by atoms with Gasteiger partial charge < -0.3 is 15.2 Å². The predicted octanol–water partition coefficient (Wildman–Crippen LogP) is 2.94. The monoisotopic (exact) mass is 386 g/mol. The number of nitrogens with zero attached hydrogens (tertiary/aromatic N) is 2. The summed E-state index contributed by atoms with van der Waals surface area (Å²) >= 11 is 5.87. The van der Waals surface area contributed by atoms with Crippen LogP contribution in [0.2, 0.25) is 5.02 Å². The number of aliphatic hydroxyl groups excluding tert-OH is 1. The number of ether oxygens (including phenoxy) is 1. The fraction of sp³-hybridized carbons (Fsp3) is 0.250. The second kappa shape index (κ2) is 9.24. The van der Waals surface area contributed by atoms with Gasteiger partial charge in [-0.05, 0) is 62.9 Å². The molecule has 1 saturated carbocycles. The van der Waals surface area contributed by atoms with Crippen LogP contribution in [0.3, 0.4) is 0 Å². The average Bonchev–Trinajstić information content (AvgIpc) is 3.31. The summed E-state index contributed by atoms with van der Waals surface area (Å²) in [6.45, 7) is 2.49. The maximum Gasteiger partial charge on any atom is 0.356 e. The number of carbonyl (C=O) groups excluding carboxylic acids is 1. The van der Waals surface area contributed by atoms with Crippen molar-refractivity contribution in [2.24, 2.45) is 0 Å². The van der Waals surface area contributed by atoms with Gasteiger partial charge in [-0.25, -0.2) is 4.79 Å². The van der Waals surface area contributed by atoms with Crippen molar-refractivity contribution in [1.82, 2.24) is 9.78 Å². The number of hydrogen-bond acceptors (Lipinski definition) is 5. The van der Waals surface area contributed by atoms with Gasteiger partial charge in [-0.1, -0.05) is 11.6 Å². The van der Waals surface area contributed by atoms with Gasteiger partial charge in [-0.2, -0.15) is 5.10 Å². The van der Waals surface area contributed by atoms with E-state index in [9.17, 15) is 9.90 Å². The Balaban J connectivity index is 1.67. The highest BCUT2D eigenvalue weighted by Crippen LogP contribution is 2.29. The van der Waals surface area contributed by atoms with E-state index in [-0.39, 0.29) is 13.2 Å². The third-order valence-corrected chi connectivity index (χ3v) is 4.24. The molecule has 1 atom stereocenters. The van der Waals surface area contributed by atoms with Crippen LogP contribution in [0, 0.1) is 31.6 Å². The highest BCUT2D eigenvalue weighted by molar-refractivity contribution is 6.30. The van der Waals surface area contributed by atoms with Crippen molar-refractivity contribution in [2.45, 2.75) is 19.6 Å². The molecule has 1 aromatic heterocycles. The van der Waals surface area contributed by atoms with Crippen LogP contribution in [-0.2, 0) is 11.3 Å². The van der Waals surface area contributed by atoms with Crippen molar-refractivity contribution < 1.29 is 14.6 Å². The predicted molar refractivity (Wildman–Crippen MR) is 104 cm³/mol. The van der Waals surface area contributed by atoms with Crippen molar-refractivity contribution in [1.29, 1.82) is 0 Å². The second-order valence-corrected chi connectivity index (χ2v) is 6.47. The summed E-state index contributed by atoms with van der Waals surface area (Å²) in [6, 6.07) is 8.90. The summed E-state index contributed by atoms with van der Waals surface area (Å²) in [5.41, 5.74) is 1.83. The lowest BCUT2D eigenvalue weighted by Crippen LogP contribution is -2.27. The Bertz CT molecular complexity index is 754. The van der Waals surface area contributed by atoms with E-state index in [1.54, 1.807) is 25.1 Å². The number of aliphatic hydroxyl groups is 1. The summed E-state index contributed by atoms with van der Waals surface area (Å²) in [5.74, 6) is 0.453. The number of carbonyl (C=O) groups is 1. The molecular weight excluding hydrogens is 366 g/mol. The van der Waals surface area contributed by atoms with Gasteiger partial charge in [-0.15, -0.1) is 0 Å². The third kappa shape index (κ3) is 5.23. The zero-order valence-corrected chi connectivity index (χ0v) is 15.7. The van der Waals surface area contributed by atoms with E-state index in [0.717, 1.165) is 11.6 Å². The van der Waals surface area contributed by atoms with Crippen LogP contribution in [0.4, 0.5) is 5.69 Å². The molecule has 2 N–H and O–H groups in total. The molecule has 0 spiro atoms. The number of benzene rings is 1. The largest absolute Gasteiger partial charge is 0.461 e. The number of halogens is 1. The second-order valence-electron chi connectivity index (χ2n) is 6.03. The Morgan fingerprint density at radius 3 is 2.67 bits per heavy atom. The Kier molecular flexibility index (Phi) is 6.74. The van der Waals surface area contributed by atoms with Crippen molar-refractivity contribution in [3.63, 3.8) is 0 Å². The standard InChI is InChI=1S/C20H21ClN3O3/c1-2-27-20(26)19-11-18(14-5-3-4-6-14)23-24(19)13-17(25)12-22-16-9-7-15(21)8-10-16/h3-11,17,22,25H,2,12-13H2,1H3/t17-/m0/s1. The maximum absolute atomic E-state index is 12.2. The van der Waals surface area contributed by atoms with E-state index in [1.165, 1.54) is 4.68 Å². The number of aromatic nitrogens is 2. The molecule has 1 heterocycles. The summed E-state index contributed by atoms with van der Waals surface area (Å²) in [6.07, 6.45) is 6.90. The van der Waals surface area contributed by atoms with Crippen LogP contribution in [0.15, 0.2) is 30.3 Å². The molecule has 0 unspecified atom stereocenters. The van der Waals surface area contributed by atoms with Crippen LogP contribution in [0.25, 0.3) is 0 Å². The first-order valence-corrected chi connectivity index (χ1v) is 9.09. The van der Waals surface area contributed by atoms with E-state index >= 15 is 0 Å². The quantitative estimate of drug-likeness (QED) is 0.682. The highest BCUT2D eigenvalue weighted by atomic mass is 35.5. The Morgan fingerprint density at radius 2 is 2.00 bits per heavy atom. The van der Waals surface area contributed by atoms with E-state index in [0.29, 0.717) is 23.0 Å². The van der Waals surface area contributed by atoms with E-state index in [4.69, 9.17) is 16.3 Å². The number of anilines is 1. The van der Waals surface area contributed by atoms with Crippen molar-refractivity contribution in [2.75, 3.05) is 18.5 Å². The Labute approximate surface area is 164 Å². The SMILES string of the molecule is CCOC(=O)c1cc([C]2[CH][CH][CH][CH]2)nn1C[C@@H](O)CNc1ccc(Cl)cc1. The molecule has 6 nitrogen and oxygen atoms in total. The first kappa shape index (κ1) is 19.7. The molecule has 3 rings (SSSR count). The summed E-state index contributed by atoms with van der Waals surface area (Å²) in [4.78, 5) is 12.2. The zero-order chi connectivity index (χ0) is 19.2. The smallest absolute Gasteiger partial charge is 0.356 e. The minimum Gasteiger partial charge on any atom is -0.461 e. The van der Waals surface area contributed by atoms with Gasteiger partial charge in [-0.3, -0.25) is 4.68 Å². The molecule has 1 aliphatic carbocycles. The Hall–Kier alpha value is -2.05. The number of nitrogens with one attached hydrogen (secondary N) is 1. The molecule has 141 valence electrons. The summed E-state index contributed by atoms with van der Waals surface area (Å²) in [7, 11) is 0. The maximum atomic E-state index is 12.2. The lowest BCUT2D eigenvalue weighted by Gasteiger charge is -2.14. The normalized spacial score (nSPS) is 15.7. The molecular formula is C20H21ClN3O3. The number of esters is 1. The molecule has 0 saturated heterocycles. The molecule has 5 radical (unpaired) electrons. The molecule has 7 heteroatoms. The van der Waals surface area contributed by atoms with E-state index in [1.807, 2.05) is 37.8 Å². The van der Waals surface area contributed by atoms with Gasteiger partial charge in [0.2, 0.25) is 0 Å². The van der Waals surface area contributed by atoms with Crippen LogP contribution in [-0.4, -0.2) is 40.1 Å².